The average Bonchev–Trinajstić information content (AvgIpc) is 1.98. The Hall–Kier alpha value is -0.680. The summed E-state index contributed by atoms with van der Waals surface area (Å²) in [7, 11) is -2.90. The summed E-state index contributed by atoms with van der Waals surface area (Å²) in [6.45, 7) is 6.00. The van der Waals surface area contributed by atoms with Gasteiger partial charge in [0.15, 0.2) is 0 Å². The molecule has 0 aromatic rings. The van der Waals surface area contributed by atoms with Gasteiger partial charge < -0.3 is 19.6 Å². The molecule has 0 saturated carbocycles. The fourth-order valence-corrected chi connectivity index (χ4v) is 0.312. The molecule has 0 aliphatic heterocycles. The lowest BCUT2D eigenvalue weighted by Gasteiger charge is -2.09. The molecule has 0 radical (unpaired) electrons. The summed E-state index contributed by atoms with van der Waals surface area (Å²) in [5.74, 6) is -0.0208. The number of hydrogen-bond donors (Lipinski definition) is 3. The van der Waals surface area contributed by atoms with E-state index >= 15 is 0 Å². The fourth-order valence-electron chi connectivity index (χ4n) is 0.312. The summed E-state index contributed by atoms with van der Waals surface area (Å²) >= 11 is 0. The zero-order valence-corrected chi connectivity index (χ0v) is 8.44. The molecule has 0 unspecified atom stereocenters. The number of nitrogens with zero attached hydrogens (tertiary/aromatic N) is 1. The van der Waals surface area contributed by atoms with Gasteiger partial charge in [-0.1, -0.05) is 6.58 Å². The Balaban J connectivity index is 0. The Morgan fingerprint density at radius 3 is 1.92 bits per heavy atom. The first-order valence-corrected chi connectivity index (χ1v) is 4.94. The van der Waals surface area contributed by atoms with Crippen molar-refractivity contribution < 1.29 is 24.0 Å². The van der Waals surface area contributed by atoms with Gasteiger partial charge in [-0.3, -0.25) is 4.79 Å². The molecule has 0 aromatic carbocycles. The Kier molecular flexibility index (Phi) is 7.75. The van der Waals surface area contributed by atoms with Gasteiger partial charge in [-0.25, -0.2) is 4.57 Å². The third-order valence-electron chi connectivity index (χ3n) is 1.03. The van der Waals surface area contributed by atoms with Gasteiger partial charge in [0.1, 0.15) is 0 Å². The standard InChI is InChI=1S/C6H11NO.H3O4P/c1-4-6(8)7(3)5-2;1-5(2,3)4/h4H,1,5H2,2-3H3;(H3,1,2,3,4). The number of carbonyl (C=O) groups is 1. The molecule has 0 saturated heterocycles. The van der Waals surface area contributed by atoms with Gasteiger partial charge in [0.2, 0.25) is 5.91 Å². The molecule has 0 aliphatic carbocycles. The van der Waals surface area contributed by atoms with E-state index in [1.165, 1.54) is 6.08 Å². The molecule has 1 amide bonds. The molecule has 0 aromatic heterocycles. The minimum absolute atomic E-state index is 0.0208. The van der Waals surface area contributed by atoms with Crippen LogP contribution >= 0.6 is 7.82 Å². The molecule has 3 N–H and O–H groups in total. The molecule has 0 fully saturated rings. The number of amides is 1. The van der Waals surface area contributed by atoms with Crippen LogP contribution < -0.4 is 0 Å². The van der Waals surface area contributed by atoms with E-state index in [-0.39, 0.29) is 5.91 Å². The lowest BCUT2D eigenvalue weighted by atomic mass is 10.5. The second kappa shape index (κ2) is 6.80. The zero-order valence-electron chi connectivity index (χ0n) is 7.54. The monoisotopic (exact) mass is 211 g/mol. The quantitative estimate of drug-likeness (QED) is 0.431. The van der Waals surface area contributed by atoms with Crippen molar-refractivity contribution in [3.63, 3.8) is 0 Å². The predicted octanol–water partition coefficient (Wildman–Crippen LogP) is -0.278. The number of likely N-dealkylation sites (N-methyl/N-ethyl adjacent to an activating group) is 1. The summed E-state index contributed by atoms with van der Waals surface area (Å²) in [6, 6.07) is 0. The van der Waals surface area contributed by atoms with E-state index in [1.807, 2.05) is 6.92 Å². The second-order valence-corrected chi connectivity index (χ2v) is 3.10. The molecule has 0 spiro atoms. The molecule has 0 aliphatic rings. The highest BCUT2D eigenvalue weighted by Gasteiger charge is 2.00. The maximum Gasteiger partial charge on any atom is 0.466 e. The number of carbonyl (C=O) groups excluding carboxylic acids is 1. The largest absolute Gasteiger partial charge is 0.466 e. The van der Waals surface area contributed by atoms with E-state index in [9.17, 15) is 4.79 Å². The van der Waals surface area contributed by atoms with Crippen LogP contribution in [0, 0.1) is 0 Å². The highest BCUT2D eigenvalue weighted by Crippen LogP contribution is 2.25. The Bertz CT molecular complexity index is 203. The van der Waals surface area contributed by atoms with Crippen LogP contribution in [0.2, 0.25) is 0 Å². The van der Waals surface area contributed by atoms with Gasteiger partial charge in [-0.15, -0.1) is 0 Å². The van der Waals surface area contributed by atoms with Crippen molar-refractivity contribution in [3.05, 3.63) is 12.7 Å². The van der Waals surface area contributed by atoms with Crippen LogP contribution in [0.5, 0.6) is 0 Å². The normalized spacial score (nSPS) is 9.62. The SMILES string of the molecule is C=CC(=O)N(C)CC.O=P(O)(O)O. The van der Waals surface area contributed by atoms with Crippen molar-refractivity contribution in [2.24, 2.45) is 0 Å². The van der Waals surface area contributed by atoms with Crippen LogP contribution in [-0.2, 0) is 9.36 Å². The summed E-state index contributed by atoms with van der Waals surface area (Å²) in [6.07, 6.45) is 1.31. The van der Waals surface area contributed by atoms with Gasteiger partial charge >= 0.3 is 7.82 Å². The summed E-state index contributed by atoms with van der Waals surface area (Å²) in [4.78, 5) is 33.7. The Morgan fingerprint density at radius 2 is 1.85 bits per heavy atom. The Morgan fingerprint density at radius 1 is 1.54 bits per heavy atom. The lowest BCUT2D eigenvalue weighted by Crippen LogP contribution is -2.23. The third-order valence-corrected chi connectivity index (χ3v) is 1.03. The van der Waals surface area contributed by atoms with Crippen molar-refractivity contribution in [2.45, 2.75) is 6.92 Å². The molecule has 0 heterocycles. The van der Waals surface area contributed by atoms with E-state index in [4.69, 9.17) is 19.2 Å². The third kappa shape index (κ3) is 18.4. The first-order chi connectivity index (χ1) is 5.72. The van der Waals surface area contributed by atoms with Crippen LogP contribution in [-0.4, -0.2) is 39.1 Å². The van der Waals surface area contributed by atoms with E-state index in [0.29, 0.717) is 0 Å². The maximum atomic E-state index is 10.6. The van der Waals surface area contributed by atoms with E-state index < -0.39 is 7.82 Å². The molecule has 7 heteroatoms. The van der Waals surface area contributed by atoms with E-state index in [2.05, 4.69) is 6.58 Å². The summed E-state index contributed by atoms with van der Waals surface area (Å²) in [5.41, 5.74) is 0. The molecule has 0 bridgehead atoms. The van der Waals surface area contributed by atoms with Gasteiger partial charge in [0.25, 0.3) is 0 Å². The summed E-state index contributed by atoms with van der Waals surface area (Å²) < 4.78 is 8.88. The molecular weight excluding hydrogens is 197 g/mol. The Labute approximate surface area is 76.7 Å². The molecule has 0 atom stereocenters. The molecule has 6 nitrogen and oxygen atoms in total. The average molecular weight is 211 g/mol. The first kappa shape index (κ1) is 14.8. The smallest absolute Gasteiger partial charge is 0.343 e. The molecule has 0 rings (SSSR count). The van der Waals surface area contributed by atoms with Gasteiger partial charge in [-0.2, -0.15) is 0 Å². The van der Waals surface area contributed by atoms with Gasteiger partial charge in [0, 0.05) is 13.6 Å². The highest BCUT2D eigenvalue weighted by molar-refractivity contribution is 7.45. The van der Waals surface area contributed by atoms with Crippen LogP contribution in [0.1, 0.15) is 6.92 Å². The number of phosphoric acid groups is 1. The van der Waals surface area contributed by atoms with Crippen molar-refractivity contribution in [1.82, 2.24) is 4.90 Å². The zero-order chi connectivity index (χ0) is 11.1. The minimum Gasteiger partial charge on any atom is -0.343 e. The number of hydrogen-bond acceptors (Lipinski definition) is 2. The van der Waals surface area contributed by atoms with Gasteiger partial charge in [-0.05, 0) is 13.0 Å². The molecular formula is C6H14NO5P. The lowest BCUT2D eigenvalue weighted by molar-refractivity contribution is -0.124. The van der Waals surface area contributed by atoms with Gasteiger partial charge in [0.05, 0.1) is 0 Å². The first-order valence-electron chi connectivity index (χ1n) is 3.38. The van der Waals surface area contributed by atoms with Crippen LogP contribution in [0.3, 0.4) is 0 Å². The second-order valence-electron chi connectivity index (χ2n) is 2.07. The molecule has 13 heavy (non-hydrogen) atoms. The minimum atomic E-state index is -4.64. The van der Waals surface area contributed by atoms with Crippen molar-refractivity contribution >= 4 is 13.7 Å². The van der Waals surface area contributed by atoms with E-state index in [1.54, 1.807) is 11.9 Å². The van der Waals surface area contributed by atoms with Crippen LogP contribution in [0.4, 0.5) is 0 Å². The van der Waals surface area contributed by atoms with Crippen LogP contribution in [0.15, 0.2) is 12.7 Å². The highest BCUT2D eigenvalue weighted by atomic mass is 31.2. The van der Waals surface area contributed by atoms with Crippen LogP contribution in [0.25, 0.3) is 0 Å². The van der Waals surface area contributed by atoms with Crippen molar-refractivity contribution in [3.8, 4) is 0 Å². The van der Waals surface area contributed by atoms with Crippen molar-refractivity contribution in [2.75, 3.05) is 13.6 Å². The topological polar surface area (TPSA) is 98.1 Å². The fraction of sp³-hybridized carbons (Fsp3) is 0.500. The summed E-state index contributed by atoms with van der Waals surface area (Å²) in [5, 5.41) is 0. The van der Waals surface area contributed by atoms with Crippen molar-refractivity contribution in [1.29, 1.82) is 0 Å². The van der Waals surface area contributed by atoms with E-state index in [0.717, 1.165) is 6.54 Å². The molecule has 78 valence electrons. The maximum absolute atomic E-state index is 10.6. The predicted molar refractivity (Wildman–Crippen MR) is 47.8 cm³/mol. The number of rotatable bonds is 2.